The monoisotopic (exact) mass is 216 g/mol. The molecule has 0 bridgehead atoms. The van der Waals surface area contributed by atoms with Crippen LogP contribution in [0.3, 0.4) is 0 Å². The van der Waals surface area contributed by atoms with E-state index >= 15 is 0 Å². The van der Waals surface area contributed by atoms with Crippen LogP contribution >= 0.6 is 0 Å². The van der Waals surface area contributed by atoms with Gasteiger partial charge in [-0.15, -0.1) is 0 Å². The Morgan fingerprint density at radius 1 is 1.60 bits per heavy atom. The third-order valence-electron chi connectivity index (χ3n) is 2.48. The van der Waals surface area contributed by atoms with Crippen molar-refractivity contribution in [3.05, 3.63) is 0 Å². The van der Waals surface area contributed by atoms with E-state index in [4.69, 9.17) is 0 Å². The maximum absolute atomic E-state index is 11.3. The second kappa shape index (κ2) is 5.09. The molecule has 1 saturated heterocycles. The summed E-state index contributed by atoms with van der Waals surface area (Å²) >= 11 is 0. The van der Waals surface area contributed by atoms with Gasteiger partial charge in [-0.1, -0.05) is 0 Å². The number of nitrogens with zero attached hydrogens (tertiary/aromatic N) is 1. The Bertz CT molecular complexity index is 256. The Morgan fingerprint density at radius 3 is 2.80 bits per heavy atom. The Labute approximate surface area is 88.2 Å². The van der Waals surface area contributed by atoms with Crippen LogP contribution in [0.4, 0.5) is 0 Å². The highest BCUT2D eigenvalue weighted by atomic mass is 16.5. The fourth-order valence-electron chi connectivity index (χ4n) is 1.70. The van der Waals surface area contributed by atoms with E-state index in [0.29, 0.717) is 13.0 Å². The molecule has 1 aliphatic heterocycles. The van der Waals surface area contributed by atoms with Gasteiger partial charge in [-0.2, -0.15) is 0 Å². The number of likely N-dealkylation sites (tertiary alicyclic amines) is 1. The Balaban J connectivity index is 2.60. The number of likely N-dealkylation sites (N-methyl/N-ethyl adjacent to an activating group) is 1. The topological polar surface area (TPSA) is 78.9 Å². The van der Waals surface area contributed by atoms with Gasteiger partial charge in [-0.3, -0.25) is 14.5 Å². The second-order valence-electron chi connectivity index (χ2n) is 3.53. The molecule has 1 aliphatic rings. The summed E-state index contributed by atoms with van der Waals surface area (Å²) in [6.45, 7) is 0.431. The van der Waals surface area contributed by atoms with Crippen molar-refractivity contribution in [2.45, 2.75) is 18.6 Å². The summed E-state index contributed by atoms with van der Waals surface area (Å²) < 4.78 is 4.60. The quantitative estimate of drug-likeness (QED) is 0.552. The normalized spacial score (nSPS) is 26.3. The van der Waals surface area contributed by atoms with E-state index in [2.05, 4.69) is 10.1 Å². The Hall–Kier alpha value is -1.14. The highest BCUT2D eigenvalue weighted by Gasteiger charge is 2.37. The Morgan fingerprint density at radius 2 is 2.27 bits per heavy atom. The highest BCUT2D eigenvalue weighted by Crippen LogP contribution is 2.18. The number of aliphatic hydroxyl groups is 1. The zero-order valence-corrected chi connectivity index (χ0v) is 8.90. The zero-order chi connectivity index (χ0) is 11.4. The van der Waals surface area contributed by atoms with Gasteiger partial charge in [0.2, 0.25) is 5.91 Å². The van der Waals surface area contributed by atoms with E-state index in [1.54, 1.807) is 4.90 Å². The van der Waals surface area contributed by atoms with Crippen molar-refractivity contribution < 1.29 is 19.4 Å². The lowest BCUT2D eigenvalue weighted by Gasteiger charge is -2.20. The van der Waals surface area contributed by atoms with Crippen LogP contribution in [-0.2, 0) is 14.3 Å². The largest absolute Gasteiger partial charge is 0.468 e. The van der Waals surface area contributed by atoms with Crippen LogP contribution in [0.15, 0.2) is 0 Å². The van der Waals surface area contributed by atoms with Gasteiger partial charge in [0.15, 0.2) is 0 Å². The van der Waals surface area contributed by atoms with Gasteiger partial charge < -0.3 is 15.2 Å². The van der Waals surface area contributed by atoms with E-state index in [1.807, 2.05) is 0 Å². The van der Waals surface area contributed by atoms with Gasteiger partial charge in [0, 0.05) is 20.0 Å². The number of ether oxygens (including phenoxy) is 1. The molecule has 1 fully saturated rings. The highest BCUT2D eigenvalue weighted by molar-refractivity contribution is 5.80. The van der Waals surface area contributed by atoms with Crippen molar-refractivity contribution >= 4 is 11.9 Å². The lowest BCUT2D eigenvalue weighted by Crippen LogP contribution is -2.42. The molecule has 6 nitrogen and oxygen atoms in total. The molecule has 86 valence electrons. The number of hydrogen-bond donors (Lipinski definition) is 2. The Kier molecular flexibility index (Phi) is 4.05. The molecule has 0 aromatic rings. The number of methoxy groups -OCH3 is 1. The summed E-state index contributed by atoms with van der Waals surface area (Å²) in [6.07, 6.45) is -0.248. The van der Waals surface area contributed by atoms with Crippen LogP contribution < -0.4 is 5.32 Å². The molecule has 6 heteroatoms. The summed E-state index contributed by atoms with van der Waals surface area (Å²) in [7, 11) is 2.83. The van der Waals surface area contributed by atoms with Gasteiger partial charge in [0.1, 0.15) is 6.04 Å². The summed E-state index contributed by atoms with van der Waals surface area (Å²) in [5.41, 5.74) is 0. The number of amides is 1. The zero-order valence-electron chi connectivity index (χ0n) is 8.90. The molecule has 2 N–H and O–H groups in total. The summed E-state index contributed by atoms with van der Waals surface area (Å²) in [5.74, 6) is -0.589. The first-order chi connectivity index (χ1) is 7.08. The number of rotatable bonds is 3. The number of carbonyl (C=O) groups excluding carboxylic acids is 2. The minimum absolute atomic E-state index is 0.104. The molecule has 0 spiro atoms. The lowest BCUT2D eigenvalue weighted by atomic mass is 10.2. The molecule has 1 rings (SSSR count). The van der Waals surface area contributed by atoms with Gasteiger partial charge in [0.25, 0.3) is 0 Å². The first-order valence-electron chi connectivity index (χ1n) is 4.79. The summed E-state index contributed by atoms with van der Waals surface area (Å²) in [6, 6.07) is -0.512. The van der Waals surface area contributed by atoms with Crippen LogP contribution in [0.1, 0.15) is 6.42 Å². The molecular formula is C9H16N2O4. The average Bonchev–Trinajstić information content (AvgIpc) is 2.58. The molecule has 0 radical (unpaired) electrons. The number of carbonyl (C=O) groups is 2. The van der Waals surface area contributed by atoms with E-state index in [0.717, 1.165) is 0 Å². The third-order valence-corrected chi connectivity index (χ3v) is 2.48. The van der Waals surface area contributed by atoms with Gasteiger partial charge >= 0.3 is 5.97 Å². The number of nitrogens with one attached hydrogen (secondary N) is 1. The van der Waals surface area contributed by atoms with E-state index < -0.39 is 18.1 Å². The third kappa shape index (κ3) is 2.90. The number of hydrogen-bond acceptors (Lipinski definition) is 5. The molecular weight excluding hydrogens is 200 g/mol. The molecule has 0 aromatic carbocycles. The van der Waals surface area contributed by atoms with E-state index in [-0.39, 0.29) is 12.5 Å². The minimum atomic E-state index is -0.571. The van der Waals surface area contributed by atoms with Crippen LogP contribution in [0, 0.1) is 0 Å². The van der Waals surface area contributed by atoms with Crippen molar-refractivity contribution in [3.63, 3.8) is 0 Å². The average molecular weight is 216 g/mol. The summed E-state index contributed by atoms with van der Waals surface area (Å²) in [4.78, 5) is 24.1. The standard InChI is InChI=1S/C9H16N2O4/c1-10-8(13)5-11-4-6(12)3-7(11)9(14)15-2/h6-7,12H,3-5H2,1-2H3,(H,10,13). The van der Waals surface area contributed by atoms with Crippen molar-refractivity contribution in [2.24, 2.45) is 0 Å². The predicted octanol–water partition coefficient (Wildman–Crippen LogP) is -1.66. The molecule has 1 heterocycles. The smallest absolute Gasteiger partial charge is 0.323 e. The molecule has 0 aliphatic carbocycles. The fourth-order valence-corrected chi connectivity index (χ4v) is 1.70. The molecule has 0 aromatic heterocycles. The summed E-state index contributed by atoms with van der Waals surface area (Å²) in [5, 5.41) is 11.9. The fraction of sp³-hybridized carbons (Fsp3) is 0.778. The van der Waals surface area contributed by atoms with Crippen LogP contribution in [-0.4, -0.2) is 61.3 Å². The molecule has 2 unspecified atom stereocenters. The molecule has 0 saturated carbocycles. The van der Waals surface area contributed by atoms with Crippen LogP contribution in [0.25, 0.3) is 0 Å². The molecule has 1 amide bonds. The number of β-amino-alcohol motifs (C(OH)–C–C–N with tert-alkyl or cyclic N) is 1. The van der Waals surface area contributed by atoms with Crippen molar-refractivity contribution in [3.8, 4) is 0 Å². The SMILES string of the molecule is CNC(=O)CN1CC(O)CC1C(=O)OC. The molecule has 2 atom stereocenters. The van der Waals surface area contributed by atoms with Gasteiger partial charge in [-0.05, 0) is 0 Å². The number of esters is 1. The maximum Gasteiger partial charge on any atom is 0.323 e. The van der Waals surface area contributed by atoms with Crippen LogP contribution in [0.5, 0.6) is 0 Å². The van der Waals surface area contributed by atoms with Gasteiger partial charge in [0.05, 0.1) is 19.8 Å². The number of aliphatic hydroxyl groups excluding tert-OH is 1. The minimum Gasteiger partial charge on any atom is -0.468 e. The van der Waals surface area contributed by atoms with Crippen molar-refractivity contribution in [2.75, 3.05) is 27.2 Å². The van der Waals surface area contributed by atoms with E-state index in [9.17, 15) is 14.7 Å². The first-order valence-corrected chi connectivity index (χ1v) is 4.79. The van der Waals surface area contributed by atoms with E-state index in [1.165, 1.54) is 14.2 Å². The first kappa shape index (κ1) is 11.9. The lowest BCUT2D eigenvalue weighted by molar-refractivity contribution is -0.146. The van der Waals surface area contributed by atoms with Crippen molar-refractivity contribution in [1.29, 1.82) is 0 Å². The van der Waals surface area contributed by atoms with Gasteiger partial charge in [-0.25, -0.2) is 0 Å². The maximum atomic E-state index is 11.3. The molecule has 15 heavy (non-hydrogen) atoms. The van der Waals surface area contributed by atoms with Crippen molar-refractivity contribution in [1.82, 2.24) is 10.2 Å². The second-order valence-corrected chi connectivity index (χ2v) is 3.53. The van der Waals surface area contributed by atoms with Crippen LogP contribution in [0.2, 0.25) is 0 Å². The predicted molar refractivity (Wildman–Crippen MR) is 52.1 cm³/mol.